The molecule has 0 unspecified atom stereocenters. The maximum Gasteiger partial charge on any atom is 0.191 e. The fourth-order valence-corrected chi connectivity index (χ4v) is 3.69. The molecule has 0 spiro atoms. The van der Waals surface area contributed by atoms with E-state index in [4.69, 9.17) is 10.5 Å². The minimum Gasteiger partial charge on any atom is -0.496 e. The summed E-state index contributed by atoms with van der Waals surface area (Å²) >= 11 is 1.68. The quantitative estimate of drug-likeness (QED) is 0.654. The zero-order valence-electron chi connectivity index (χ0n) is 14.8. The zero-order valence-corrected chi connectivity index (χ0v) is 15.6. The van der Waals surface area contributed by atoms with Crippen molar-refractivity contribution in [3.63, 3.8) is 0 Å². The van der Waals surface area contributed by atoms with E-state index in [2.05, 4.69) is 38.8 Å². The van der Waals surface area contributed by atoms with Crippen LogP contribution in [-0.4, -0.2) is 55.7 Å². The lowest BCUT2D eigenvalue weighted by molar-refractivity contribution is 0.380. The number of guanidine groups is 1. The average molecular weight is 359 g/mol. The van der Waals surface area contributed by atoms with Crippen LogP contribution in [0.5, 0.6) is 5.75 Å². The molecule has 1 aliphatic heterocycles. The molecule has 1 aromatic heterocycles. The molecule has 1 aliphatic rings. The number of aromatic nitrogens is 1. The van der Waals surface area contributed by atoms with Crippen LogP contribution in [0.15, 0.2) is 34.8 Å². The molecule has 0 radical (unpaired) electrons. The van der Waals surface area contributed by atoms with Crippen molar-refractivity contribution in [3.8, 4) is 5.75 Å². The summed E-state index contributed by atoms with van der Waals surface area (Å²) in [6.07, 6.45) is 2.67. The van der Waals surface area contributed by atoms with Crippen LogP contribution >= 0.6 is 11.3 Å². The number of thiazole rings is 1. The number of hydrogen-bond donors (Lipinski definition) is 1. The van der Waals surface area contributed by atoms with Crippen LogP contribution in [0.3, 0.4) is 0 Å². The number of nitrogens with two attached hydrogens (primary N) is 1. The number of methoxy groups -OCH3 is 1. The summed E-state index contributed by atoms with van der Waals surface area (Å²) in [6, 6.07) is 6.22. The van der Waals surface area contributed by atoms with Crippen molar-refractivity contribution in [2.45, 2.75) is 13.3 Å². The predicted octanol–water partition coefficient (Wildman–Crippen LogP) is 2.14. The summed E-state index contributed by atoms with van der Waals surface area (Å²) in [5.41, 5.74) is 8.59. The third-order valence-corrected chi connectivity index (χ3v) is 5.22. The molecule has 6 nitrogen and oxygen atoms in total. The average Bonchev–Trinajstić information content (AvgIpc) is 3.17. The van der Waals surface area contributed by atoms with Crippen molar-refractivity contribution < 1.29 is 4.74 Å². The van der Waals surface area contributed by atoms with Crippen molar-refractivity contribution in [2.24, 2.45) is 10.7 Å². The van der Waals surface area contributed by atoms with E-state index in [1.165, 1.54) is 11.1 Å². The molecule has 25 heavy (non-hydrogen) atoms. The molecule has 0 saturated carbocycles. The molecule has 1 fully saturated rings. The monoisotopic (exact) mass is 359 g/mol. The highest BCUT2D eigenvalue weighted by molar-refractivity contribution is 7.13. The highest BCUT2D eigenvalue weighted by atomic mass is 32.1. The van der Waals surface area contributed by atoms with E-state index in [0.717, 1.165) is 43.5 Å². The molecule has 2 N–H and O–H groups in total. The van der Waals surface area contributed by atoms with Crippen LogP contribution in [0.25, 0.3) is 0 Å². The first-order valence-corrected chi connectivity index (χ1v) is 9.38. The Labute approximate surface area is 152 Å². The number of aliphatic imine (C=N–C) groups is 1. The Morgan fingerprint density at radius 3 is 2.80 bits per heavy atom. The summed E-state index contributed by atoms with van der Waals surface area (Å²) in [6.45, 7) is 6.36. The van der Waals surface area contributed by atoms with Gasteiger partial charge in [-0.15, -0.1) is 11.3 Å². The molecule has 0 atom stereocenters. The van der Waals surface area contributed by atoms with Crippen LogP contribution < -0.4 is 15.4 Å². The molecule has 1 aromatic carbocycles. The topological polar surface area (TPSA) is 67.0 Å². The Morgan fingerprint density at radius 2 is 2.12 bits per heavy atom. The van der Waals surface area contributed by atoms with E-state index >= 15 is 0 Å². The summed E-state index contributed by atoms with van der Waals surface area (Å²) in [7, 11) is 1.70. The van der Waals surface area contributed by atoms with Gasteiger partial charge in [-0.3, -0.25) is 4.99 Å². The van der Waals surface area contributed by atoms with Gasteiger partial charge in [0.1, 0.15) is 5.75 Å². The highest BCUT2D eigenvalue weighted by Gasteiger charge is 2.19. The lowest BCUT2D eigenvalue weighted by Gasteiger charge is -2.35. The van der Waals surface area contributed by atoms with Crippen LogP contribution in [-0.2, 0) is 6.42 Å². The normalized spacial score (nSPS) is 15.5. The van der Waals surface area contributed by atoms with Crippen molar-refractivity contribution in [1.29, 1.82) is 0 Å². The van der Waals surface area contributed by atoms with E-state index in [9.17, 15) is 0 Å². The molecule has 7 heteroatoms. The fourth-order valence-electron chi connectivity index (χ4n) is 2.99. The Bertz CT molecular complexity index is 708. The van der Waals surface area contributed by atoms with Crippen molar-refractivity contribution in [1.82, 2.24) is 9.88 Å². The van der Waals surface area contributed by atoms with E-state index in [1.54, 1.807) is 18.4 Å². The van der Waals surface area contributed by atoms with Gasteiger partial charge in [-0.05, 0) is 25.0 Å². The smallest absolute Gasteiger partial charge is 0.191 e. The lowest BCUT2D eigenvalue weighted by Crippen LogP contribution is -2.51. The molecule has 2 aromatic rings. The number of benzene rings is 1. The molecular weight excluding hydrogens is 334 g/mol. The van der Waals surface area contributed by atoms with E-state index in [0.29, 0.717) is 12.5 Å². The van der Waals surface area contributed by atoms with Gasteiger partial charge in [0.2, 0.25) is 0 Å². The lowest BCUT2D eigenvalue weighted by atomic mass is 10.1. The number of ether oxygens (including phenoxy) is 1. The standard InChI is InChI=1S/C18H25N5OS/c1-14-3-4-16(24-2)15(13-14)5-6-20-17(19)22-8-10-23(11-9-22)18-21-7-12-25-18/h3-4,7,12-13H,5-6,8-11H2,1-2H3,(H2,19,20). The van der Waals surface area contributed by atoms with Gasteiger partial charge < -0.3 is 20.3 Å². The van der Waals surface area contributed by atoms with E-state index < -0.39 is 0 Å². The highest BCUT2D eigenvalue weighted by Crippen LogP contribution is 2.20. The van der Waals surface area contributed by atoms with Crippen LogP contribution in [0, 0.1) is 6.92 Å². The van der Waals surface area contributed by atoms with Crippen molar-refractivity contribution in [2.75, 3.05) is 44.7 Å². The predicted molar refractivity (Wildman–Crippen MR) is 104 cm³/mol. The molecule has 0 bridgehead atoms. The summed E-state index contributed by atoms with van der Waals surface area (Å²) in [5.74, 6) is 1.54. The van der Waals surface area contributed by atoms with Gasteiger partial charge in [-0.2, -0.15) is 0 Å². The second-order valence-corrected chi connectivity index (χ2v) is 6.97. The molecular formula is C18H25N5OS. The first-order chi connectivity index (χ1) is 12.2. The Morgan fingerprint density at radius 1 is 1.32 bits per heavy atom. The van der Waals surface area contributed by atoms with Crippen molar-refractivity contribution in [3.05, 3.63) is 40.9 Å². The minimum absolute atomic E-state index is 0.630. The third kappa shape index (κ3) is 4.42. The van der Waals surface area contributed by atoms with Gasteiger partial charge in [-0.1, -0.05) is 17.7 Å². The van der Waals surface area contributed by atoms with Crippen LogP contribution in [0.2, 0.25) is 0 Å². The largest absolute Gasteiger partial charge is 0.496 e. The van der Waals surface area contributed by atoms with E-state index in [1.807, 2.05) is 17.6 Å². The van der Waals surface area contributed by atoms with Gasteiger partial charge in [0.15, 0.2) is 11.1 Å². The van der Waals surface area contributed by atoms with Crippen molar-refractivity contribution >= 4 is 22.4 Å². The molecule has 1 saturated heterocycles. The molecule has 3 rings (SSSR count). The second-order valence-electron chi connectivity index (χ2n) is 6.09. The number of rotatable bonds is 5. The first kappa shape index (κ1) is 17.5. The number of piperazine rings is 1. The van der Waals surface area contributed by atoms with Gasteiger partial charge in [0, 0.05) is 44.3 Å². The summed E-state index contributed by atoms with van der Waals surface area (Å²) in [5, 5.41) is 3.10. The Hall–Kier alpha value is -2.28. The van der Waals surface area contributed by atoms with E-state index in [-0.39, 0.29) is 0 Å². The van der Waals surface area contributed by atoms with Gasteiger partial charge in [0.05, 0.1) is 7.11 Å². The minimum atomic E-state index is 0.630. The number of hydrogen-bond acceptors (Lipinski definition) is 5. The fraction of sp³-hybridized carbons (Fsp3) is 0.444. The molecule has 0 amide bonds. The van der Waals surface area contributed by atoms with Gasteiger partial charge in [0.25, 0.3) is 0 Å². The molecule has 0 aliphatic carbocycles. The maximum atomic E-state index is 6.19. The summed E-state index contributed by atoms with van der Waals surface area (Å²) < 4.78 is 5.42. The Kier molecular flexibility index (Phi) is 5.75. The summed E-state index contributed by atoms with van der Waals surface area (Å²) in [4.78, 5) is 13.4. The number of anilines is 1. The third-order valence-electron chi connectivity index (χ3n) is 4.38. The molecule has 134 valence electrons. The second kappa shape index (κ2) is 8.20. The van der Waals surface area contributed by atoms with Gasteiger partial charge in [-0.25, -0.2) is 4.98 Å². The van der Waals surface area contributed by atoms with Gasteiger partial charge >= 0.3 is 0 Å². The zero-order chi connectivity index (χ0) is 17.6. The number of aryl methyl sites for hydroxylation is 1. The number of nitrogens with zero attached hydrogens (tertiary/aromatic N) is 4. The maximum absolute atomic E-state index is 6.19. The van der Waals surface area contributed by atoms with Crippen LogP contribution in [0.1, 0.15) is 11.1 Å². The molecule has 2 heterocycles. The first-order valence-electron chi connectivity index (χ1n) is 8.50. The van der Waals surface area contributed by atoms with Crippen LogP contribution in [0.4, 0.5) is 5.13 Å². The SMILES string of the molecule is COc1ccc(C)cc1CCN=C(N)N1CCN(c2nccs2)CC1. The Balaban J connectivity index is 1.52.